The molecule has 1 N–H and O–H groups in total. The normalized spacial score (nSPS) is 12.5. The molecular weight excluding hydrogens is 224 g/mol. The first-order valence-corrected chi connectivity index (χ1v) is 5.77. The molecule has 0 aromatic carbocycles. The summed E-state index contributed by atoms with van der Waals surface area (Å²) in [6.07, 6.45) is 11.4. The average molecular weight is 242 g/mol. The molecule has 0 radical (unpaired) electrons. The molecule has 1 rings (SSSR count). The second kappa shape index (κ2) is 6.55. The molecule has 0 saturated carbocycles. The zero-order valence-electron chi connectivity index (χ0n) is 11.0. The topological polar surface area (TPSA) is 45.8 Å². The third kappa shape index (κ3) is 4.01. The Hall–Kier alpha value is -2.16. The molecule has 3 nitrogen and oxygen atoms in total. The Morgan fingerprint density at radius 1 is 1.33 bits per heavy atom. The van der Waals surface area contributed by atoms with Crippen LogP contribution in [0.5, 0.6) is 0 Å². The maximum atomic E-state index is 11.3. The minimum Gasteiger partial charge on any atom is -0.293 e. The van der Waals surface area contributed by atoms with Crippen LogP contribution in [0.25, 0.3) is 6.08 Å². The van der Waals surface area contributed by atoms with Crippen LogP contribution in [0.4, 0.5) is 0 Å². The number of nitrogens with zero attached hydrogens (tertiary/aromatic N) is 1. The molecule has 0 fully saturated rings. The molecule has 0 atom stereocenters. The smallest absolute Gasteiger partial charge is 0.178 e. The molecule has 1 heterocycles. The Bertz CT molecular complexity index is 530. The van der Waals surface area contributed by atoms with Gasteiger partial charge >= 0.3 is 0 Å². The maximum Gasteiger partial charge on any atom is 0.178 e. The van der Waals surface area contributed by atoms with Crippen molar-refractivity contribution in [3.8, 4) is 0 Å². The van der Waals surface area contributed by atoms with Gasteiger partial charge < -0.3 is 0 Å². The summed E-state index contributed by atoms with van der Waals surface area (Å²) in [6, 6.07) is 0. The first kappa shape index (κ1) is 13.9. The lowest BCUT2D eigenvalue weighted by Crippen LogP contribution is -1.94. The number of carbonyl (C=O) groups is 1. The van der Waals surface area contributed by atoms with Crippen LogP contribution in [-0.2, 0) is 0 Å². The quantitative estimate of drug-likeness (QED) is 0.632. The molecule has 94 valence electrons. The number of hydrogen-bond acceptors (Lipinski definition) is 2. The van der Waals surface area contributed by atoms with Gasteiger partial charge in [0.1, 0.15) is 5.69 Å². The summed E-state index contributed by atoms with van der Waals surface area (Å²) in [5.74, 6) is -0.0216. The summed E-state index contributed by atoms with van der Waals surface area (Å²) in [6.45, 7) is 9.23. The van der Waals surface area contributed by atoms with Crippen LogP contribution in [0, 0.1) is 0 Å². The number of nitrogens with one attached hydrogen (secondary N) is 1. The number of hydrogen-bond donors (Lipinski definition) is 1. The summed E-state index contributed by atoms with van der Waals surface area (Å²) in [4.78, 5) is 11.3. The van der Waals surface area contributed by atoms with E-state index in [1.165, 1.54) is 6.92 Å². The zero-order chi connectivity index (χ0) is 13.5. The van der Waals surface area contributed by atoms with Crippen LogP contribution >= 0.6 is 0 Å². The van der Waals surface area contributed by atoms with E-state index in [-0.39, 0.29) is 5.78 Å². The second-order valence-electron chi connectivity index (χ2n) is 4.06. The van der Waals surface area contributed by atoms with E-state index in [2.05, 4.69) is 16.8 Å². The molecule has 0 aliphatic heterocycles. The van der Waals surface area contributed by atoms with Gasteiger partial charge in [-0.1, -0.05) is 42.5 Å². The summed E-state index contributed by atoms with van der Waals surface area (Å²) < 4.78 is 0. The first-order chi connectivity index (χ1) is 8.54. The van der Waals surface area contributed by atoms with Gasteiger partial charge in [0.05, 0.1) is 6.20 Å². The number of carbonyl (C=O) groups excluding carboxylic acids is 1. The third-order valence-electron chi connectivity index (χ3n) is 2.37. The standard InChI is InChI=1S/C15H18N2O/c1-5-13(7-6-11(2)3)8-9-14-10-16-17-15(14)12(4)18/h5-10H,2H2,1,3-4H3,(H,16,17)/b7-6-,9-8+,13-5+. The molecule has 0 unspecified atom stereocenters. The molecular formula is C15H18N2O. The van der Waals surface area contributed by atoms with Crippen LogP contribution < -0.4 is 0 Å². The van der Waals surface area contributed by atoms with Crippen molar-refractivity contribution in [1.82, 2.24) is 10.2 Å². The van der Waals surface area contributed by atoms with Gasteiger partial charge in [-0.25, -0.2) is 0 Å². The molecule has 1 aromatic rings. The van der Waals surface area contributed by atoms with E-state index in [1.54, 1.807) is 6.20 Å². The van der Waals surface area contributed by atoms with Gasteiger partial charge in [-0.2, -0.15) is 5.10 Å². The summed E-state index contributed by atoms with van der Waals surface area (Å²) in [5, 5.41) is 6.57. The van der Waals surface area contributed by atoms with Crippen molar-refractivity contribution in [2.24, 2.45) is 0 Å². The number of ketones is 1. The number of aromatic amines is 1. The second-order valence-corrected chi connectivity index (χ2v) is 4.06. The third-order valence-corrected chi connectivity index (χ3v) is 2.37. The fourth-order valence-electron chi connectivity index (χ4n) is 1.38. The summed E-state index contributed by atoms with van der Waals surface area (Å²) in [5.41, 5.74) is 3.38. The monoisotopic (exact) mass is 242 g/mol. The molecule has 0 aliphatic rings. The molecule has 0 bridgehead atoms. The van der Waals surface area contributed by atoms with Crippen molar-refractivity contribution in [3.05, 3.63) is 59.5 Å². The molecule has 0 amide bonds. The van der Waals surface area contributed by atoms with Crippen molar-refractivity contribution in [2.75, 3.05) is 0 Å². The fourth-order valence-corrected chi connectivity index (χ4v) is 1.38. The van der Waals surface area contributed by atoms with Crippen LogP contribution in [0.15, 0.2) is 48.2 Å². The predicted molar refractivity (Wildman–Crippen MR) is 75.3 cm³/mol. The molecule has 18 heavy (non-hydrogen) atoms. The van der Waals surface area contributed by atoms with E-state index in [0.717, 1.165) is 16.7 Å². The lowest BCUT2D eigenvalue weighted by molar-refractivity contribution is 0.101. The molecule has 3 heteroatoms. The lowest BCUT2D eigenvalue weighted by Gasteiger charge is -1.94. The highest BCUT2D eigenvalue weighted by Crippen LogP contribution is 2.11. The van der Waals surface area contributed by atoms with E-state index >= 15 is 0 Å². The van der Waals surface area contributed by atoms with E-state index in [1.807, 2.05) is 44.2 Å². The minimum absolute atomic E-state index is 0.0216. The van der Waals surface area contributed by atoms with E-state index in [9.17, 15) is 4.79 Å². The number of allylic oxidation sites excluding steroid dienone is 6. The highest BCUT2D eigenvalue weighted by Gasteiger charge is 2.05. The van der Waals surface area contributed by atoms with Gasteiger partial charge in [0.25, 0.3) is 0 Å². The van der Waals surface area contributed by atoms with Crippen LogP contribution in [0.1, 0.15) is 36.8 Å². The Morgan fingerprint density at radius 3 is 2.61 bits per heavy atom. The van der Waals surface area contributed by atoms with Gasteiger partial charge in [0.15, 0.2) is 5.78 Å². The van der Waals surface area contributed by atoms with Crippen LogP contribution in [0.3, 0.4) is 0 Å². The van der Waals surface area contributed by atoms with Crippen molar-refractivity contribution in [2.45, 2.75) is 20.8 Å². The van der Waals surface area contributed by atoms with Gasteiger partial charge in [0, 0.05) is 12.5 Å². The number of rotatable bonds is 5. The fraction of sp³-hybridized carbons (Fsp3) is 0.200. The van der Waals surface area contributed by atoms with Gasteiger partial charge in [-0.3, -0.25) is 9.89 Å². The predicted octanol–water partition coefficient (Wildman–Crippen LogP) is 3.70. The number of Topliss-reactive ketones (excluding diaryl/α,β-unsaturated/α-hetero) is 1. The van der Waals surface area contributed by atoms with Crippen molar-refractivity contribution in [1.29, 1.82) is 0 Å². The van der Waals surface area contributed by atoms with Crippen molar-refractivity contribution >= 4 is 11.9 Å². The Balaban J connectivity index is 2.88. The van der Waals surface area contributed by atoms with Crippen molar-refractivity contribution in [3.63, 3.8) is 0 Å². The maximum absolute atomic E-state index is 11.3. The first-order valence-electron chi connectivity index (χ1n) is 5.77. The molecule has 0 saturated heterocycles. The lowest BCUT2D eigenvalue weighted by atomic mass is 10.1. The highest BCUT2D eigenvalue weighted by molar-refractivity contribution is 5.95. The molecule has 1 aromatic heterocycles. The minimum atomic E-state index is -0.0216. The van der Waals surface area contributed by atoms with E-state index in [4.69, 9.17) is 0 Å². The number of aromatic nitrogens is 2. The summed E-state index contributed by atoms with van der Waals surface area (Å²) >= 11 is 0. The zero-order valence-corrected chi connectivity index (χ0v) is 11.0. The Kier molecular flexibility index (Phi) is 5.06. The SMILES string of the molecule is C=C(C)\C=C/C(/C=C/c1cn[nH]c1C(C)=O)=C\C. The van der Waals surface area contributed by atoms with Gasteiger partial charge in [-0.05, 0) is 19.4 Å². The molecule has 0 aliphatic carbocycles. The average Bonchev–Trinajstić information content (AvgIpc) is 2.77. The van der Waals surface area contributed by atoms with Gasteiger partial charge in [-0.15, -0.1) is 0 Å². The van der Waals surface area contributed by atoms with E-state index in [0.29, 0.717) is 5.69 Å². The highest BCUT2D eigenvalue weighted by atomic mass is 16.1. The number of H-pyrrole nitrogens is 1. The Morgan fingerprint density at radius 2 is 2.06 bits per heavy atom. The van der Waals surface area contributed by atoms with Crippen LogP contribution in [0.2, 0.25) is 0 Å². The van der Waals surface area contributed by atoms with E-state index < -0.39 is 0 Å². The Labute approximate surface area is 108 Å². The molecule has 0 spiro atoms. The largest absolute Gasteiger partial charge is 0.293 e. The van der Waals surface area contributed by atoms with Crippen LogP contribution in [-0.4, -0.2) is 16.0 Å². The van der Waals surface area contributed by atoms with Gasteiger partial charge in [0.2, 0.25) is 0 Å². The van der Waals surface area contributed by atoms with Crippen molar-refractivity contribution < 1.29 is 4.79 Å². The summed E-state index contributed by atoms with van der Waals surface area (Å²) in [7, 11) is 0.